The van der Waals surface area contributed by atoms with E-state index in [9.17, 15) is 9.18 Å². The molecule has 0 aliphatic rings. The number of halogens is 2. The number of rotatable bonds is 7. The molecule has 0 aliphatic heterocycles. The van der Waals surface area contributed by atoms with Crippen LogP contribution in [0.4, 0.5) is 4.39 Å². The molecule has 3 rings (SSSR count). The largest absolute Gasteiger partial charge is 0.493 e. The van der Waals surface area contributed by atoms with Crippen LogP contribution in [0.5, 0.6) is 11.5 Å². The normalized spacial score (nSPS) is 12.0. The van der Waals surface area contributed by atoms with Crippen molar-refractivity contribution < 1.29 is 18.7 Å². The molecule has 0 saturated heterocycles. The van der Waals surface area contributed by atoms with Crippen molar-refractivity contribution in [2.24, 2.45) is 0 Å². The van der Waals surface area contributed by atoms with Crippen molar-refractivity contribution >= 4 is 34.9 Å². The maximum Gasteiger partial charge on any atom is 0.244 e. The van der Waals surface area contributed by atoms with Crippen LogP contribution < -0.4 is 14.8 Å². The minimum Gasteiger partial charge on any atom is -0.493 e. The van der Waals surface area contributed by atoms with Gasteiger partial charge in [0.1, 0.15) is 5.82 Å². The number of carbonyl (C=O) groups excluding carboxylic acids is 1. The Kier molecular flexibility index (Phi) is 6.90. The van der Waals surface area contributed by atoms with Gasteiger partial charge in [0.25, 0.3) is 0 Å². The Bertz CT molecular complexity index is 1000. The SMILES string of the molecule is COc1cc(/C=C/C(=O)NC(c2ccc(F)cc2)c2cccs2)cc(Cl)c1OC. The number of amides is 1. The highest BCUT2D eigenvalue weighted by atomic mass is 35.5. The van der Waals surface area contributed by atoms with Crippen molar-refractivity contribution in [1.82, 2.24) is 5.32 Å². The van der Waals surface area contributed by atoms with Crippen molar-refractivity contribution in [3.63, 3.8) is 0 Å². The Hall–Kier alpha value is -2.83. The molecule has 7 heteroatoms. The van der Waals surface area contributed by atoms with Crippen molar-refractivity contribution in [1.29, 1.82) is 0 Å². The van der Waals surface area contributed by atoms with Gasteiger partial charge in [0, 0.05) is 11.0 Å². The summed E-state index contributed by atoms with van der Waals surface area (Å²) in [6.45, 7) is 0. The van der Waals surface area contributed by atoms with E-state index in [1.54, 1.807) is 30.3 Å². The molecule has 0 radical (unpaired) electrons. The Morgan fingerprint density at radius 1 is 1.17 bits per heavy atom. The number of hydrogen-bond donors (Lipinski definition) is 1. The molecule has 2 aromatic carbocycles. The molecule has 1 N–H and O–H groups in total. The fourth-order valence-corrected chi connectivity index (χ4v) is 3.92. The van der Waals surface area contributed by atoms with Gasteiger partial charge in [-0.2, -0.15) is 0 Å². The van der Waals surface area contributed by atoms with Crippen molar-refractivity contribution in [3.05, 3.63) is 86.8 Å². The summed E-state index contributed by atoms with van der Waals surface area (Å²) in [6, 6.07) is 13.0. The van der Waals surface area contributed by atoms with Crippen LogP contribution in [0.25, 0.3) is 6.08 Å². The molecular weight excluding hydrogens is 413 g/mol. The zero-order valence-corrected chi connectivity index (χ0v) is 17.4. The maximum absolute atomic E-state index is 13.3. The van der Waals surface area contributed by atoms with E-state index in [0.29, 0.717) is 22.1 Å². The molecule has 1 atom stereocenters. The average Bonchev–Trinajstić information content (AvgIpc) is 3.25. The summed E-state index contributed by atoms with van der Waals surface area (Å²) in [5.74, 6) is 0.293. The quantitative estimate of drug-likeness (QED) is 0.504. The molecule has 150 valence electrons. The van der Waals surface area contributed by atoms with Gasteiger partial charge in [-0.05, 0) is 52.9 Å². The predicted molar refractivity (Wildman–Crippen MR) is 114 cm³/mol. The maximum atomic E-state index is 13.3. The molecule has 29 heavy (non-hydrogen) atoms. The van der Waals surface area contributed by atoms with E-state index in [1.807, 2.05) is 17.5 Å². The Morgan fingerprint density at radius 2 is 1.93 bits per heavy atom. The number of hydrogen-bond acceptors (Lipinski definition) is 4. The highest BCUT2D eigenvalue weighted by Crippen LogP contribution is 2.36. The standard InChI is InChI=1S/C22H19ClFNO3S/c1-27-18-13-14(12-17(23)22(18)28-2)5-10-20(26)25-21(19-4-3-11-29-19)15-6-8-16(24)9-7-15/h3-13,21H,1-2H3,(H,25,26)/b10-5+. The highest BCUT2D eigenvalue weighted by molar-refractivity contribution is 7.10. The molecule has 0 bridgehead atoms. The zero-order valence-electron chi connectivity index (χ0n) is 15.8. The third-order valence-corrected chi connectivity index (χ3v) is 5.42. The van der Waals surface area contributed by atoms with Crippen LogP contribution in [-0.2, 0) is 4.79 Å². The van der Waals surface area contributed by atoms with Gasteiger partial charge in [0.2, 0.25) is 5.91 Å². The number of ether oxygens (including phenoxy) is 2. The van der Waals surface area contributed by atoms with E-state index < -0.39 is 0 Å². The van der Waals surface area contributed by atoms with Crippen LogP contribution in [-0.4, -0.2) is 20.1 Å². The molecule has 1 heterocycles. The lowest BCUT2D eigenvalue weighted by Gasteiger charge is -2.17. The van der Waals surface area contributed by atoms with Crippen molar-refractivity contribution in [3.8, 4) is 11.5 Å². The van der Waals surface area contributed by atoms with Crippen LogP contribution in [0.1, 0.15) is 22.0 Å². The van der Waals surface area contributed by atoms with Crippen molar-refractivity contribution in [2.45, 2.75) is 6.04 Å². The summed E-state index contributed by atoms with van der Waals surface area (Å²) in [7, 11) is 3.02. The minimum absolute atomic E-state index is 0.293. The third-order valence-electron chi connectivity index (χ3n) is 4.20. The molecule has 0 spiro atoms. The lowest BCUT2D eigenvalue weighted by Crippen LogP contribution is -2.27. The number of thiophene rings is 1. The molecule has 3 aromatic rings. The van der Waals surface area contributed by atoms with Gasteiger partial charge in [-0.15, -0.1) is 11.3 Å². The van der Waals surface area contributed by atoms with Gasteiger partial charge in [0.05, 0.1) is 25.3 Å². The second-order valence-electron chi connectivity index (χ2n) is 6.08. The molecule has 0 aliphatic carbocycles. The first-order chi connectivity index (χ1) is 14.0. The van der Waals surface area contributed by atoms with Crippen LogP contribution >= 0.6 is 22.9 Å². The first kappa shape index (κ1) is 20.9. The summed E-state index contributed by atoms with van der Waals surface area (Å²) in [4.78, 5) is 13.5. The Labute approximate surface area is 177 Å². The van der Waals surface area contributed by atoms with Gasteiger partial charge < -0.3 is 14.8 Å². The molecule has 1 unspecified atom stereocenters. The van der Waals surface area contributed by atoms with E-state index in [1.165, 1.54) is 43.8 Å². The topological polar surface area (TPSA) is 47.6 Å². The van der Waals surface area contributed by atoms with Gasteiger partial charge in [0.15, 0.2) is 11.5 Å². The van der Waals surface area contributed by atoms with Gasteiger partial charge in [-0.1, -0.05) is 29.8 Å². The second-order valence-corrected chi connectivity index (χ2v) is 7.47. The molecular formula is C22H19ClFNO3S. The summed E-state index contributed by atoms with van der Waals surface area (Å²) in [6.07, 6.45) is 3.06. The van der Waals surface area contributed by atoms with Gasteiger partial charge in [-0.25, -0.2) is 4.39 Å². The lowest BCUT2D eigenvalue weighted by molar-refractivity contribution is -0.116. The van der Waals surface area contributed by atoms with E-state index >= 15 is 0 Å². The number of carbonyl (C=O) groups is 1. The van der Waals surface area contributed by atoms with Gasteiger partial charge in [-0.3, -0.25) is 4.79 Å². The minimum atomic E-state index is -0.373. The lowest BCUT2D eigenvalue weighted by atomic mass is 10.1. The van der Waals surface area contributed by atoms with Crippen molar-refractivity contribution in [2.75, 3.05) is 14.2 Å². The highest BCUT2D eigenvalue weighted by Gasteiger charge is 2.17. The molecule has 0 fully saturated rings. The first-order valence-electron chi connectivity index (χ1n) is 8.70. The van der Waals surface area contributed by atoms with E-state index in [0.717, 1.165) is 10.4 Å². The van der Waals surface area contributed by atoms with E-state index in [-0.39, 0.29) is 17.8 Å². The third kappa shape index (κ3) is 5.16. The number of nitrogens with one attached hydrogen (secondary N) is 1. The summed E-state index contributed by atoms with van der Waals surface area (Å²) in [5.41, 5.74) is 1.49. The molecule has 1 amide bonds. The monoisotopic (exact) mass is 431 g/mol. The van der Waals surface area contributed by atoms with Crippen LogP contribution in [0, 0.1) is 5.82 Å². The van der Waals surface area contributed by atoms with Gasteiger partial charge >= 0.3 is 0 Å². The molecule has 0 saturated carbocycles. The van der Waals surface area contributed by atoms with Crippen LogP contribution in [0.3, 0.4) is 0 Å². The fourth-order valence-electron chi connectivity index (χ4n) is 2.83. The summed E-state index contributed by atoms with van der Waals surface area (Å²) < 4.78 is 23.8. The Balaban J connectivity index is 1.80. The first-order valence-corrected chi connectivity index (χ1v) is 9.96. The second kappa shape index (κ2) is 9.58. The number of benzene rings is 2. The smallest absolute Gasteiger partial charge is 0.244 e. The fraction of sp³-hybridized carbons (Fsp3) is 0.136. The average molecular weight is 432 g/mol. The summed E-state index contributed by atoms with van der Waals surface area (Å²) >= 11 is 7.72. The van der Waals surface area contributed by atoms with Crippen LogP contribution in [0.2, 0.25) is 5.02 Å². The molecule has 1 aromatic heterocycles. The van der Waals surface area contributed by atoms with E-state index in [2.05, 4.69) is 5.32 Å². The number of methoxy groups -OCH3 is 2. The predicted octanol–water partition coefficient (Wildman–Crippen LogP) is 5.48. The molecule has 4 nitrogen and oxygen atoms in total. The van der Waals surface area contributed by atoms with E-state index in [4.69, 9.17) is 21.1 Å². The Morgan fingerprint density at radius 3 is 2.55 bits per heavy atom. The van der Waals surface area contributed by atoms with Crippen LogP contribution in [0.15, 0.2) is 60.0 Å². The summed E-state index contributed by atoms with van der Waals surface area (Å²) in [5, 5.41) is 5.28. The zero-order chi connectivity index (χ0) is 20.8.